The number of esters is 1. The van der Waals surface area contributed by atoms with Gasteiger partial charge < -0.3 is 10.5 Å². The van der Waals surface area contributed by atoms with Crippen molar-refractivity contribution in [3.63, 3.8) is 0 Å². The molecule has 1 atom stereocenters. The average Bonchev–Trinajstić information content (AvgIpc) is 2.15. The fourth-order valence-corrected chi connectivity index (χ4v) is 2.59. The number of nitrogens with two attached hydrogens (primary N) is 1. The third kappa shape index (κ3) is 4.42. The molecular weight excluding hydrogens is 252 g/mol. The molecule has 0 aromatic rings. The highest BCUT2D eigenvalue weighted by Crippen LogP contribution is 2.11. The molecule has 0 aliphatic rings. The van der Waals surface area contributed by atoms with E-state index in [1.165, 1.54) is 0 Å². The molecule has 0 rings (SSSR count). The van der Waals surface area contributed by atoms with Crippen LogP contribution < -0.4 is 10.5 Å². The minimum atomic E-state index is -3.80. The molecule has 0 amide bonds. The van der Waals surface area contributed by atoms with Crippen LogP contribution in [0.4, 0.5) is 0 Å². The highest BCUT2D eigenvalue weighted by atomic mass is 32.2. The zero-order chi connectivity index (χ0) is 13.0. The Labute approximate surface area is 101 Å². The van der Waals surface area contributed by atoms with Gasteiger partial charge in [-0.25, -0.2) is 13.1 Å². The number of methoxy groups -OCH3 is 1. The lowest BCUT2D eigenvalue weighted by molar-refractivity contribution is -0.137. The third-order valence-corrected chi connectivity index (χ3v) is 4.00. The molecule has 0 saturated carbocycles. The summed E-state index contributed by atoms with van der Waals surface area (Å²) in [5.74, 6) is -1.59. The van der Waals surface area contributed by atoms with Crippen LogP contribution in [0.2, 0.25) is 0 Å². The standard InChI is InChI=1S/C8H16N2O4S2/c1-4-8(2,7(9)15)10-16(12,13)5-6(11)14-3/h10H,4-5H2,1-3H3,(H2,9,15). The first kappa shape index (κ1) is 15.3. The molecule has 0 aliphatic carbocycles. The van der Waals surface area contributed by atoms with Gasteiger partial charge >= 0.3 is 5.97 Å². The van der Waals surface area contributed by atoms with Crippen molar-refractivity contribution in [3.05, 3.63) is 0 Å². The van der Waals surface area contributed by atoms with Crippen LogP contribution in [-0.2, 0) is 19.6 Å². The first-order valence-electron chi connectivity index (χ1n) is 4.55. The molecule has 0 heterocycles. The third-order valence-electron chi connectivity index (χ3n) is 2.17. The SMILES string of the molecule is CCC(C)(NS(=O)(=O)CC(=O)OC)C(N)=S. The van der Waals surface area contributed by atoms with Gasteiger partial charge in [0.1, 0.15) is 0 Å². The number of nitrogens with one attached hydrogen (secondary N) is 1. The summed E-state index contributed by atoms with van der Waals surface area (Å²) >= 11 is 4.77. The Morgan fingerprint density at radius 3 is 2.38 bits per heavy atom. The molecule has 0 spiro atoms. The van der Waals surface area contributed by atoms with Gasteiger partial charge in [0.25, 0.3) is 0 Å². The van der Waals surface area contributed by atoms with Crippen LogP contribution in [0.5, 0.6) is 0 Å². The zero-order valence-electron chi connectivity index (χ0n) is 9.44. The van der Waals surface area contributed by atoms with E-state index in [0.717, 1.165) is 7.11 Å². The van der Waals surface area contributed by atoms with E-state index in [1.54, 1.807) is 13.8 Å². The van der Waals surface area contributed by atoms with E-state index in [2.05, 4.69) is 9.46 Å². The fraction of sp³-hybridized carbons (Fsp3) is 0.750. The smallest absolute Gasteiger partial charge is 0.322 e. The highest BCUT2D eigenvalue weighted by molar-refractivity contribution is 7.90. The van der Waals surface area contributed by atoms with Gasteiger partial charge in [0.2, 0.25) is 10.0 Å². The van der Waals surface area contributed by atoms with Crippen LogP contribution in [0.3, 0.4) is 0 Å². The van der Waals surface area contributed by atoms with Crippen LogP contribution in [0.15, 0.2) is 0 Å². The van der Waals surface area contributed by atoms with E-state index >= 15 is 0 Å². The van der Waals surface area contributed by atoms with E-state index in [-0.39, 0.29) is 4.99 Å². The molecule has 0 aromatic heterocycles. The molecule has 16 heavy (non-hydrogen) atoms. The topological polar surface area (TPSA) is 98.5 Å². The Morgan fingerprint density at radius 2 is 2.06 bits per heavy atom. The fourth-order valence-electron chi connectivity index (χ4n) is 0.890. The summed E-state index contributed by atoms with van der Waals surface area (Å²) in [7, 11) is -2.68. The van der Waals surface area contributed by atoms with Gasteiger partial charge in [-0.1, -0.05) is 19.1 Å². The van der Waals surface area contributed by atoms with Crippen LogP contribution in [0.25, 0.3) is 0 Å². The molecule has 0 bridgehead atoms. The molecule has 94 valence electrons. The Bertz CT molecular complexity index is 379. The van der Waals surface area contributed by atoms with Crippen LogP contribution >= 0.6 is 12.2 Å². The quantitative estimate of drug-likeness (QED) is 0.499. The normalized spacial score (nSPS) is 15.2. The lowest BCUT2D eigenvalue weighted by Gasteiger charge is -2.27. The van der Waals surface area contributed by atoms with Crippen LogP contribution in [-0.4, -0.2) is 37.8 Å². The van der Waals surface area contributed by atoms with Crippen molar-refractivity contribution in [2.45, 2.75) is 25.8 Å². The van der Waals surface area contributed by atoms with Crippen LogP contribution in [0.1, 0.15) is 20.3 Å². The molecular formula is C8H16N2O4S2. The maximum atomic E-state index is 11.6. The molecule has 3 N–H and O–H groups in total. The number of thiocarbonyl (C=S) groups is 1. The molecule has 0 aromatic carbocycles. The van der Waals surface area contributed by atoms with E-state index in [9.17, 15) is 13.2 Å². The summed E-state index contributed by atoms with van der Waals surface area (Å²) in [5.41, 5.74) is 4.41. The zero-order valence-corrected chi connectivity index (χ0v) is 11.1. The van der Waals surface area contributed by atoms with Crippen molar-refractivity contribution in [2.75, 3.05) is 12.9 Å². The Morgan fingerprint density at radius 1 is 1.56 bits per heavy atom. The first-order valence-corrected chi connectivity index (χ1v) is 6.61. The molecule has 0 radical (unpaired) electrons. The number of rotatable bonds is 6. The van der Waals surface area contributed by atoms with Crippen molar-refractivity contribution >= 4 is 33.2 Å². The lowest BCUT2D eigenvalue weighted by atomic mass is 10.0. The predicted molar refractivity (Wildman–Crippen MR) is 64.4 cm³/mol. The van der Waals surface area contributed by atoms with Crippen molar-refractivity contribution in [3.8, 4) is 0 Å². The molecule has 0 saturated heterocycles. The van der Waals surface area contributed by atoms with Gasteiger partial charge in [0, 0.05) is 0 Å². The summed E-state index contributed by atoms with van der Waals surface area (Å²) in [4.78, 5) is 10.9. The van der Waals surface area contributed by atoms with Crippen molar-refractivity contribution < 1.29 is 17.9 Å². The van der Waals surface area contributed by atoms with Gasteiger partial charge in [-0.3, -0.25) is 4.79 Å². The Hall–Kier alpha value is -0.730. The van der Waals surface area contributed by atoms with Gasteiger partial charge in [-0.2, -0.15) is 0 Å². The highest BCUT2D eigenvalue weighted by Gasteiger charge is 2.32. The van der Waals surface area contributed by atoms with Crippen LogP contribution in [0, 0.1) is 0 Å². The second-order valence-electron chi connectivity index (χ2n) is 3.49. The largest absolute Gasteiger partial charge is 0.468 e. The van der Waals surface area contributed by atoms with E-state index < -0.39 is 27.3 Å². The van der Waals surface area contributed by atoms with Crippen molar-refractivity contribution in [2.24, 2.45) is 5.73 Å². The number of hydrogen-bond donors (Lipinski definition) is 2. The summed E-state index contributed by atoms with van der Waals surface area (Å²) in [6.07, 6.45) is 0.392. The van der Waals surface area contributed by atoms with Crippen molar-refractivity contribution in [1.82, 2.24) is 4.72 Å². The minimum Gasteiger partial charge on any atom is -0.468 e. The Kier molecular flexibility index (Phi) is 5.30. The van der Waals surface area contributed by atoms with E-state index in [4.69, 9.17) is 18.0 Å². The molecule has 1 unspecified atom stereocenters. The second kappa shape index (κ2) is 5.55. The number of hydrogen-bond acceptors (Lipinski definition) is 5. The second-order valence-corrected chi connectivity index (χ2v) is 5.65. The first-order chi connectivity index (χ1) is 7.17. The van der Waals surface area contributed by atoms with Crippen molar-refractivity contribution in [1.29, 1.82) is 0 Å². The average molecular weight is 268 g/mol. The van der Waals surface area contributed by atoms with E-state index in [0.29, 0.717) is 6.42 Å². The van der Waals surface area contributed by atoms with Gasteiger partial charge in [-0.05, 0) is 13.3 Å². The molecule has 8 heteroatoms. The number of carbonyl (C=O) groups excluding carboxylic acids is 1. The number of ether oxygens (including phenoxy) is 1. The number of sulfonamides is 1. The maximum absolute atomic E-state index is 11.6. The molecule has 0 aliphatic heterocycles. The monoisotopic (exact) mass is 268 g/mol. The predicted octanol–water partition coefficient (Wildman–Crippen LogP) is -0.466. The maximum Gasteiger partial charge on any atom is 0.322 e. The van der Waals surface area contributed by atoms with Gasteiger partial charge in [0.05, 0.1) is 17.6 Å². The summed E-state index contributed by atoms with van der Waals surface area (Å²) < 4.78 is 29.7. The summed E-state index contributed by atoms with van der Waals surface area (Å²) in [6.45, 7) is 3.30. The molecule has 6 nitrogen and oxygen atoms in total. The number of carbonyl (C=O) groups is 1. The van der Waals surface area contributed by atoms with Gasteiger partial charge in [0.15, 0.2) is 5.75 Å². The summed E-state index contributed by atoms with van der Waals surface area (Å²) in [5, 5.41) is 0. The van der Waals surface area contributed by atoms with Gasteiger partial charge in [-0.15, -0.1) is 0 Å². The summed E-state index contributed by atoms with van der Waals surface area (Å²) in [6, 6.07) is 0. The Balaban J connectivity index is 4.82. The minimum absolute atomic E-state index is 0.0310. The van der Waals surface area contributed by atoms with E-state index in [1.807, 2.05) is 0 Å². The lowest BCUT2D eigenvalue weighted by Crippen LogP contribution is -2.55. The molecule has 0 fully saturated rings.